The molecular formula is C20H28O3. The van der Waals surface area contributed by atoms with Gasteiger partial charge in [-0.2, -0.15) is 4.89 Å². The molecule has 1 aromatic rings. The molecule has 23 heavy (non-hydrogen) atoms. The quantitative estimate of drug-likeness (QED) is 0.670. The maximum Gasteiger partial charge on any atom is 0.165 e. The molecule has 1 N–H and O–H groups in total. The molecule has 1 aromatic carbocycles. The van der Waals surface area contributed by atoms with Gasteiger partial charge in [0.15, 0.2) is 5.75 Å². The van der Waals surface area contributed by atoms with E-state index in [9.17, 15) is 5.11 Å². The van der Waals surface area contributed by atoms with Gasteiger partial charge in [-0.25, -0.2) is 0 Å². The summed E-state index contributed by atoms with van der Waals surface area (Å²) >= 11 is 0. The Morgan fingerprint density at radius 2 is 2.09 bits per heavy atom. The second-order valence-electron chi connectivity index (χ2n) is 7.90. The van der Waals surface area contributed by atoms with Crippen LogP contribution in [0.4, 0.5) is 0 Å². The van der Waals surface area contributed by atoms with E-state index in [4.69, 9.17) is 9.78 Å². The van der Waals surface area contributed by atoms with Crippen LogP contribution in [0.1, 0.15) is 63.0 Å². The van der Waals surface area contributed by atoms with E-state index in [1.807, 2.05) is 13.0 Å². The summed E-state index contributed by atoms with van der Waals surface area (Å²) in [5.74, 6) is 2.94. The van der Waals surface area contributed by atoms with E-state index in [0.29, 0.717) is 18.4 Å². The van der Waals surface area contributed by atoms with Crippen molar-refractivity contribution in [3.8, 4) is 5.75 Å². The van der Waals surface area contributed by atoms with Gasteiger partial charge in [0, 0.05) is 0 Å². The molecule has 126 valence electrons. The second kappa shape index (κ2) is 5.78. The van der Waals surface area contributed by atoms with Crippen molar-refractivity contribution in [2.24, 2.45) is 17.3 Å². The first-order chi connectivity index (χ1) is 11.1. The Morgan fingerprint density at radius 3 is 2.91 bits per heavy atom. The van der Waals surface area contributed by atoms with Gasteiger partial charge in [-0.3, -0.25) is 0 Å². The Balaban J connectivity index is 1.60. The zero-order valence-electron chi connectivity index (χ0n) is 14.3. The number of benzene rings is 1. The van der Waals surface area contributed by atoms with Gasteiger partial charge in [-0.05, 0) is 91.9 Å². The number of hydrogen-bond acceptors (Lipinski definition) is 3. The highest BCUT2D eigenvalue weighted by atomic mass is 17.2. The smallest absolute Gasteiger partial charge is 0.165 e. The van der Waals surface area contributed by atoms with Gasteiger partial charge in [0.05, 0.1) is 12.7 Å². The van der Waals surface area contributed by atoms with E-state index in [2.05, 4.69) is 19.1 Å². The van der Waals surface area contributed by atoms with E-state index >= 15 is 0 Å². The van der Waals surface area contributed by atoms with Crippen LogP contribution in [0.5, 0.6) is 5.75 Å². The van der Waals surface area contributed by atoms with Crippen LogP contribution in [0.2, 0.25) is 0 Å². The van der Waals surface area contributed by atoms with Crippen LogP contribution in [0.15, 0.2) is 18.2 Å². The molecule has 0 aromatic heterocycles. The molecule has 0 spiro atoms. The summed E-state index contributed by atoms with van der Waals surface area (Å²) < 4.78 is 0. The summed E-state index contributed by atoms with van der Waals surface area (Å²) in [6.07, 6.45) is 6.88. The molecule has 3 aliphatic rings. The zero-order chi connectivity index (χ0) is 16.0. The lowest BCUT2D eigenvalue weighted by atomic mass is 9.55. The summed E-state index contributed by atoms with van der Waals surface area (Å²) in [6.45, 7) is 4.82. The molecule has 3 nitrogen and oxygen atoms in total. The van der Waals surface area contributed by atoms with Crippen LogP contribution in [-0.2, 0) is 11.3 Å². The largest absolute Gasteiger partial charge is 0.393 e. The summed E-state index contributed by atoms with van der Waals surface area (Å²) in [5.41, 5.74) is 3.12. The van der Waals surface area contributed by atoms with Gasteiger partial charge >= 0.3 is 0 Å². The van der Waals surface area contributed by atoms with E-state index in [1.165, 1.54) is 30.4 Å². The van der Waals surface area contributed by atoms with E-state index in [1.54, 1.807) is 0 Å². The highest BCUT2D eigenvalue weighted by Crippen LogP contribution is 2.60. The molecule has 0 bridgehead atoms. The predicted molar refractivity (Wildman–Crippen MR) is 89.3 cm³/mol. The van der Waals surface area contributed by atoms with Crippen molar-refractivity contribution in [1.29, 1.82) is 0 Å². The predicted octanol–water partition coefficient (Wildman–Crippen LogP) is 4.23. The number of hydrogen-bond donors (Lipinski definition) is 1. The maximum absolute atomic E-state index is 10.5. The van der Waals surface area contributed by atoms with Crippen molar-refractivity contribution in [2.45, 2.75) is 64.4 Å². The normalized spacial score (nSPS) is 38.6. The third-order valence-electron chi connectivity index (χ3n) is 6.92. The Labute approximate surface area is 138 Å². The molecule has 4 rings (SSSR count). The van der Waals surface area contributed by atoms with Crippen LogP contribution in [0.25, 0.3) is 0 Å². The number of aryl methyl sites for hydroxylation is 1. The monoisotopic (exact) mass is 316 g/mol. The molecule has 0 radical (unpaired) electrons. The molecule has 3 heteroatoms. The van der Waals surface area contributed by atoms with Gasteiger partial charge in [-0.15, -0.1) is 0 Å². The Bertz CT molecular complexity index is 584. The van der Waals surface area contributed by atoms with E-state index in [-0.39, 0.29) is 11.5 Å². The van der Waals surface area contributed by atoms with Gasteiger partial charge in [-0.1, -0.05) is 13.0 Å². The first kappa shape index (κ1) is 15.5. The van der Waals surface area contributed by atoms with Gasteiger partial charge in [0.25, 0.3) is 0 Å². The first-order valence-corrected chi connectivity index (χ1v) is 9.24. The molecule has 5 atom stereocenters. The molecule has 2 fully saturated rings. The summed E-state index contributed by atoms with van der Waals surface area (Å²) in [5, 5.41) is 10.5. The fourth-order valence-corrected chi connectivity index (χ4v) is 5.71. The van der Waals surface area contributed by atoms with Crippen molar-refractivity contribution >= 4 is 0 Å². The number of aliphatic hydroxyl groups excluding tert-OH is 1. The maximum atomic E-state index is 10.5. The van der Waals surface area contributed by atoms with Crippen molar-refractivity contribution in [3.63, 3.8) is 0 Å². The molecule has 0 heterocycles. The first-order valence-electron chi connectivity index (χ1n) is 9.24. The average molecular weight is 316 g/mol. The van der Waals surface area contributed by atoms with Gasteiger partial charge in [0.2, 0.25) is 0 Å². The molecule has 0 saturated heterocycles. The Kier molecular flexibility index (Phi) is 3.89. The molecule has 0 unspecified atom stereocenters. The van der Waals surface area contributed by atoms with Crippen molar-refractivity contribution in [2.75, 3.05) is 6.61 Å². The summed E-state index contributed by atoms with van der Waals surface area (Å²) in [4.78, 5) is 10.4. The minimum absolute atomic E-state index is 0.0863. The number of rotatable bonds is 3. The highest BCUT2D eigenvalue weighted by molar-refractivity contribution is 5.40. The van der Waals surface area contributed by atoms with E-state index < -0.39 is 0 Å². The van der Waals surface area contributed by atoms with E-state index in [0.717, 1.165) is 30.9 Å². The van der Waals surface area contributed by atoms with Crippen molar-refractivity contribution in [1.82, 2.24) is 0 Å². The Hall–Kier alpha value is -1.06. The SMILES string of the molecule is CCOOc1ccc2c(c1)CC[C@@H]1[C@@H]2CC[C@]2(C)[C@@H](O)CC[C@@H]12. The van der Waals surface area contributed by atoms with Crippen LogP contribution < -0.4 is 4.89 Å². The van der Waals surface area contributed by atoms with Gasteiger partial charge < -0.3 is 9.99 Å². The van der Waals surface area contributed by atoms with Crippen LogP contribution in [0.3, 0.4) is 0 Å². The summed E-state index contributed by atoms with van der Waals surface area (Å²) in [7, 11) is 0. The third-order valence-corrected chi connectivity index (χ3v) is 6.92. The van der Waals surface area contributed by atoms with Crippen LogP contribution in [0, 0.1) is 17.3 Å². The Morgan fingerprint density at radius 1 is 1.22 bits per heavy atom. The molecular weight excluding hydrogens is 288 g/mol. The second-order valence-corrected chi connectivity index (χ2v) is 7.90. The fraction of sp³-hybridized carbons (Fsp3) is 0.700. The standard InChI is InChI=1S/C20H28O3/c1-3-22-23-14-5-7-15-13(12-14)4-6-17-16(15)10-11-20(2)18(17)8-9-19(20)21/h5,7,12,16-19,21H,3-4,6,8-11H2,1-2H3/t16-,17-,18+,19+,20+/m1/s1. The van der Waals surface area contributed by atoms with Crippen LogP contribution in [-0.4, -0.2) is 17.8 Å². The zero-order valence-corrected chi connectivity index (χ0v) is 14.3. The molecule has 0 amide bonds. The average Bonchev–Trinajstić information content (AvgIpc) is 2.88. The molecule has 2 saturated carbocycles. The lowest BCUT2D eigenvalue weighted by molar-refractivity contribution is -0.202. The minimum atomic E-state index is -0.0863. The van der Waals surface area contributed by atoms with Crippen molar-refractivity contribution in [3.05, 3.63) is 29.3 Å². The molecule has 0 aliphatic heterocycles. The van der Waals surface area contributed by atoms with Crippen LogP contribution >= 0.6 is 0 Å². The summed E-state index contributed by atoms with van der Waals surface area (Å²) in [6, 6.07) is 6.47. The third kappa shape index (κ3) is 2.40. The number of fused-ring (bicyclic) bond motifs is 5. The van der Waals surface area contributed by atoms with Gasteiger partial charge in [0.1, 0.15) is 0 Å². The highest BCUT2D eigenvalue weighted by Gasteiger charge is 2.54. The van der Waals surface area contributed by atoms with Crippen molar-refractivity contribution < 1.29 is 14.9 Å². The number of aliphatic hydroxyl groups is 1. The minimum Gasteiger partial charge on any atom is -0.393 e. The fourth-order valence-electron chi connectivity index (χ4n) is 5.71. The lowest BCUT2D eigenvalue weighted by Crippen LogP contribution is -2.43. The molecule has 3 aliphatic carbocycles. The topological polar surface area (TPSA) is 38.7 Å². The lowest BCUT2D eigenvalue weighted by Gasteiger charge is -2.50.